The Morgan fingerprint density at radius 3 is 2.00 bits per heavy atom. The molecule has 0 aliphatic rings. The van der Waals surface area contributed by atoms with Crippen molar-refractivity contribution >= 4 is 24.4 Å². The van der Waals surface area contributed by atoms with Gasteiger partial charge in [0.1, 0.15) is 5.52 Å². The van der Waals surface area contributed by atoms with Crippen LogP contribution in [0.25, 0.3) is 44.9 Å². The van der Waals surface area contributed by atoms with Crippen LogP contribution in [-0.2, 0) is 0 Å². The third kappa shape index (κ3) is 3.82. The van der Waals surface area contributed by atoms with Gasteiger partial charge < -0.3 is 4.42 Å². The fourth-order valence-electron chi connectivity index (χ4n) is 3.73. The average Bonchev–Trinajstić information content (AvgIpc) is 3.23. The van der Waals surface area contributed by atoms with Gasteiger partial charge in [0.2, 0.25) is 5.89 Å². The maximum Gasteiger partial charge on any atom is 0.227 e. The number of aromatic nitrogens is 2. The maximum absolute atomic E-state index is 6.27. The van der Waals surface area contributed by atoms with Crippen LogP contribution >= 0.6 is 0 Å². The van der Waals surface area contributed by atoms with Gasteiger partial charge in [-0.05, 0) is 41.1 Å². The van der Waals surface area contributed by atoms with E-state index < -0.39 is 8.07 Å². The standard InChI is InChI=1S/C27H24N2OSi/c1-31(2,3)22-14-15-24(28-18-22)21-16-23(19-10-6-4-7-11-19)26-25(17-21)29-27(30-26)20-12-8-5-9-13-20/h4-18H,1-3H3. The zero-order chi connectivity index (χ0) is 21.4. The molecule has 3 aromatic carbocycles. The summed E-state index contributed by atoms with van der Waals surface area (Å²) in [6.07, 6.45) is 2.03. The van der Waals surface area contributed by atoms with E-state index in [9.17, 15) is 0 Å². The summed E-state index contributed by atoms with van der Waals surface area (Å²) in [4.78, 5) is 9.62. The second-order valence-electron chi connectivity index (χ2n) is 8.81. The Balaban J connectivity index is 1.69. The molecule has 5 rings (SSSR count). The molecule has 2 aromatic heterocycles. The number of hydrogen-bond acceptors (Lipinski definition) is 3. The Morgan fingerprint density at radius 2 is 1.39 bits per heavy atom. The van der Waals surface area contributed by atoms with Crippen LogP contribution in [-0.4, -0.2) is 18.0 Å². The molecule has 0 spiro atoms. The second kappa shape index (κ2) is 7.64. The summed E-state index contributed by atoms with van der Waals surface area (Å²) in [7, 11) is -1.39. The maximum atomic E-state index is 6.27. The Hall–Kier alpha value is -3.50. The topological polar surface area (TPSA) is 38.9 Å². The van der Waals surface area contributed by atoms with Crippen molar-refractivity contribution in [1.29, 1.82) is 0 Å². The van der Waals surface area contributed by atoms with E-state index in [0.29, 0.717) is 5.89 Å². The van der Waals surface area contributed by atoms with Crippen molar-refractivity contribution in [1.82, 2.24) is 9.97 Å². The summed E-state index contributed by atoms with van der Waals surface area (Å²) in [6.45, 7) is 7.01. The van der Waals surface area contributed by atoms with Gasteiger partial charge in [0.25, 0.3) is 0 Å². The van der Waals surface area contributed by atoms with Gasteiger partial charge in [0.15, 0.2) is 5.58 Å². The predicted octanol–water partition coefficient (Wildman–Crippen LogP) is 6.77. The molecule has 0 amide bonds. The van der Waals surface area contributed by atoms with E-state index in [1.807, 2.05) is 54.7 Å². The van der Waals surface area contributed by atoms with Gasteiger partial charge in [-0.25, -0.2) is 4.98 Å². The van der Waals surface area contributed by atoms with Crippen LogP contribution in [0, 0.1) is 0 Å². The third-order valence-electron chi connectivity index (χ3n) is 5.52. The van der Waals surface area contributed by atoms with Crippen molar-refractivity contribution in [3.63, 3.8) is 0 Å². The smallest absolute Gasteiger partial charge is 0.227 e. The van der Waals surface area contributed by atoms with E-state index in [2.05, 4.69) is 56.0 Å². The molecule has 0 atom stereocenters. The minimum Gasteiger partial charge on any atom is -0.435 e. The minimum absolute atomic E-state index is 0.631. The van der Waals surface area contributed by atoms with E-state index in [0.717, 1.165) is 39.0 Å². The van der Waals surface area contributed by atoms with E-state index in [1.54, 1.807) is 0 Å². The summed E-state index contributed by atoms with van der Waals surface area (Å²) < 4.78 is 6.27. The lowest BCUT2D eigenvalue weighted by Crippen LogP contribution is -2.37. The van der Waals surface area contributed by atoms with E-state index in [-0.39, 0.29) is 0 Å². The molecule has 0 N–H and O–H groups in total. The number of rotatable bonds is 4. The fourth-order valence-corrected chi connectivity index (χ4v) is 4.76. The van der Waals surface area contributed by atoms with E-state index in [4.69, 9.17) is 14.4 Å². The van der Waals surface area contributed by atoms with Crippen molar-refractivity contribution in [2.45, 2.75) is 19.6 Å². The highest BCUT2D eigenvalue weighted by Crippen LogP contribution is 2.36. The number of fused-ring (bicyclic) bond motifs is 1. The molecular weight excluding hydrogens is 396 g/mol. The van der Waals surface area contributed by atoms with Gasteiger partial charge in [-0.2, -0.15) is 0 Å². The summed E-state index contributed by atoms with van der Waals surface area (Å²) in [5.41, 5.74) is 6.73. The largest absolute Gasteiger partial charge is 0.435 e. The molecule has 31 heavy (non-hydrogen) atoms. The SMILES string of the molecule is C[Si](C)(C)c1ccc(-c2cc(-c3ccccc3)c3oc(-c4ccccc4)nc3c2)nc1. The molecule has 0 unspecified atom stereocenters. The van der Waals surface area contributed by atoms with Crippen molar-refractivity contribution in [2.75, 3.05) is 0 Å². The average molecular weight is 421 g/mol. The van der Waals surface area contributed by atoms with E-state index >= 15 is 0 Å². The van der Waals surface area contributed by atoms with Crippen LogP contribution < -0.4 is 5.19 Å². The molecule has 5 aromatic rings. The second-order valence-corrected chi connectivity index (χ2v) is 13.9. The normalized spacial score (nSPS) is 11.7. The van der Waals surface area contributed by atoms with Gasteiger partial charge in [0, 0.05) is 22.9 Å². The molecule has 3 nitrogen and oxygen atoms in total. The number of hydrogen-bond donors (Lipinski definition) is 0. The molecule has 0 bridgehead atoms. The van der Waals surface area contributed by atoms with Crippen LogP contribution in [0.15, 0.2) is 95.5 Å². The Morgan fingerprint density at radius 1 is 0.710 bits per heavy atom. The number of pyridine rings is 1. The van der Waals surface area contributed by atoms with Gasteiger partial charge in [-0.1, -0.05) is 74.2 Å². The zero-order valence-electron chi connectivity index (χ0n) is 18.0. The molecule has 0 saturated heterocycles. The molecule has 4 heteroatoms. The van der Waals surface area contributed by atoms with Crippen LogP contribution in [0.5, 0.6) is 0 Å². The summed E-state index contributed by atoms with van der Waals surface area (Å²) >= 11 is 0. The van der Waals surface area contributed by atoms with Crippen LogP contribution in [0.1, 0.15) is 0 Å². The quantitative estimate of drug-likeness (QED) is 0.301. The molecule has 0 aliphatic heterocycles. The highest BCUT2D eigenvalue weighted by Gasteiger charge is 2.18. The van der Waals surface area contributed by atoms with Gasteiger partial charge in [-0.15, -0.1) is 0 Å². The van der Waals surface area contributed by atoms with Crippen LogP contribution in [0.3, 0.4) is 0 Å². The highest BCUT2D eigenvalue weighted by atomic mass is 28.3. The van der Waals surface area contributed by atoms with E-state index in [1.165, 1.54) is 5.19 Å². The molecule has 2 heterocycles. The molecule has 152 valence electrons. The first-order chi connectivity index (χ1) is 15.0. The first kappa shape index (κ1) is 19.5. The Labute approximate surface area is 183 Å². The lowest BCUT2D eigenvalue weighted by atomic mass is 10.00. The number of nitrogens with zero attached hydrogens (tertiary/aromatic N) is 2. The lowest BCUT2D eigenvalue weighted by Gasteiger charge is -2.16. The minimum atomic E-state index is -1.39. The predicted molar refractivity (Wildman–Crippen MR) is 131 cm³/mol. The van der Waals surface area contributed by atoms with Crippen molar-refractivity contribution in [3.8, 4) is 33.8 Å². The number of oxazole rings is 1. The molecule has 0 radical (unpaired) electrons. The van der Waals surface area contributed by atoms with Crippen molar-refractivity contribution in [3.05, 3.63) is 91.1 Å². The molecule has 0 aliphatic carbocycles. The monoisotopic (exact) mass is 420 g/mol. The Kier molecular flexibility index (Phi) is 4.79. The fraction of sp³-hybridized carbons (Fsp3) is 0.111. The summed E-state index contributed by atoms with van der Waals surface area (Å²) in [5.74, 6) is 0.631. The van der Waals surface area contributed by atoms with Gasteiger partial charge in [0.05, 0.1) is 13.8 Å². The van der Waals surface area contributed by atoms with Crippen LogP contribution in [0.4, 0.5) is 0 Å². The molecular formula is C27H24N2OSi. The van der Waals surface area contributed by atoms with Crippen molar-refractivity contribution in [2.24, 2.45) is 0 Å². The zero-order valence-corrected chi connectivity index (χ0v) is 19.0. The first-order valence-corrected chi connectivity index (χ1v) is 14.0. The summed E-state index contributed by atoms with van der Waals surface area (Å²) in [5, 5.41) is 1.36. The highest BCUT2D eigenvalue weighted by molar-refractivity contribution is 6.88. The first-order valence-electron chi connectivity index (χ1n) is 10.5. The van der Waals surface area contributed by atoms with Crippen LogP contribution in [0.2, 0.25) is 19.6 Å². The third-order valence-corrected chi connectivity index (χ3v) is 7.55. The van der Waals surface area contributed by atoms with Gasteiger partial charge in [-0.3, -0.25) is 4.98 Å². The van der Waals surface area contributed by atoms with Crippen molar-refractivity contribution < 1.29 is 4.42 Å². The molecule has 0 fully saturated rings. The summed E-state index contributed by atoms with van der Waals surface area (Å²) in [6, 6.07) is 28.9. The van der Waals surface area contributed by atoms with Gasteiger partial charge >= 0.3 is 0 Å². The Bertz CT molecular complexity index is 1340. The lowest BCUT2D eigenvalue weighted by molar-refractivity contribution is 0.621. The molecule has 0 saturated carbocycles. The number of benzene rings is 3.